The maximum atomic E-state index is 12.7. The van der Waals surface area contributed by atoms with Crippen molar-refractivity contribution >= 4 is 25.3 Å². The van der Waals surface area contributed by atoms with Crippen LogP contribution in [0.1, 0.15) is 116 Å². The average Bonchev–Trinajstić information content (AvgIpc) is 2.77. The molecule has 0 aromatic heterocycles. The number of hydrogen-bond donors (Lipinski definition) is 0. The topological polar surface area (TPSA) is 54.5 Å². The molecule has 0 N–H and O–H groups in total. The van der Waals surface area contributed by atoms with E-state index >= 15 is 0 Å². The molecule has 0 bridgehead atoms. The van der Waals surface area contributed by atoms with Crippen molar-refractivity contribution in [3.8, 4) is 0 Å². The van der Waals surface area contributed by atoms with Gasteiger partial charge in [-0.25, -0.2) is 9.34 Å². The summed E-state index contributed by atoms with van der Waals surface area (Å²) in [5.41, 5.74) is 0.280. The summed E-state index contributed by atoms with van der Waals surface area (Å²) in [5, 5.41) is 0.234. The summed E-state index contributed by atoms with van der Waals surface area (Å²) in [4.78, 5) is 15.3. The molecule has 1 saturated heterocycles. The summed E-state index contributed by atoms with van der Waals surface area (Å²) in [6.45, 7) is 31.3. The second kappa shape index (κ2) is 17.4. The highest BCUT2D eigenvalue weighted by atomic mass is 32.2. The van der Waals surface area contributed by atoms with E-state index in [0.717, 1.165) is 6.54 Å². The Balaban J connectivity index is 2.67. The Labute approximate surface area is 247 Å². The number of likely N-dealkylation sites (tertiary alicyclic amines) is 1. The van der Waals surface area contributed by atoms with E-state index in [0.29, 0.717) is 56.2 Å². The van der Waals surface area contributed by atoms with Crippen LogP contribution in [0.25, 0.3) is 0 Å². The van der Waals surface area contributed by atoms with Crippen molar-refractivity contribution in [2.24, 2.45) is 0 Å². The standard InChI is InChI=1S/C30H62N3O4PS/c1-14-35-28(22-37-38(32(23(2)3)24(4)5)33(25(6)7)26(8)9)36-20-21-39-27(34)16-19-31-29(10,11)17-15-18-30(31,12)13/h23-26,28H,14-22H2,1-13H3. The van der Waals surface area contributed by atoms with Crippen LogP contribution in [0.3, 0.4) is 0 Å². The highest BCUT2D eigenvalue weighted by Gasteiger charge is 2.41. The minimum atomic E-state index is -1.00. The quantitative estimate of drug-likeness (QED) is 0.0921. The number of carbonyl (C=O) groups excluding carboxylic acids is 1. The van der Waals surface area contributed by atoms with Crippen LogP contribution in [-0.2, 0) is 18.8 Å². The summed E-state index contributed by atoms with van der Waals surface area (Å²) in [6, 6.07) is 1.41. The van der Waals surface area contributed by atoms with E-state index < -0.39 is 14.7 Å². The van der Waals surface area contributed by atoms with Crippen molar-refractivity contribution in [3.05, 3.63) is 0 Å². The van der Waals surface area contributed by atoms with E-state index in [2.05, 4.69) is 97.3 Å². The molecule has 1 rings (SSSR count). The summed E-state index contributed by atoms with van der Waals surface area (Å²) in [7, 11) is -1.00. The van der Waals surface area contributed by atoms with Gasteiger partial charge in [0.1, 0.15) is 6.61 Å². The summed E-state index contributed by atoms with van der Waals surface area (Å²) < 4.78 is 23.6. The van der Waals surface area contributed by atoms with E-state index in [4.69, 9.17) is 14.0 Å². The zero-order chi connectivity index (χ0) is 30.0. The predicted octanol–water partition coefficient (Wildman–Crippen LogP) is 7.54. The second-order valence-corrected chi connectivity index (χ2v) is 15.9. The molecule has 0 spiro atoms. The molecule has 1 fully saturated rings. The maximum Gasteiger partial charge on any atom is 0.190 e. The monoisotopic (exact) mass is 591 g/mol. The van der Waals surface area contributed by atoms with Crippen LogP contribution in [0.5, 0.6) is 0 Å². The van der Waals surface area contributed by atoms with Crippen LogP contribution in [0.4, 0.5) is 0 Å². The Morgan fingerprint density at radius 3 is 1.79 bits per heavy atom. The third-order valence-electron chi connectivity index (χ3n) is 7.42. The first-order valence-electron chi connectivity index (χ1n) is 15.2. The largest absolute Gasteiger partial charge is 0.351 e. The molecule has 1 heterocycles. The van der Waals surface area contributed by atoms with Crippen molar-refractivity contribution in [2.45, 2.75) is 157 Å². The van der Waals surface area contributed by atoms with Gasteiger partial charge in [-0.1, -0.05) is 11.8 Å². The molecule has 0 radical (unpaired) electrons. The van der Waals surface area contributed by atoms with Crippen molar-refractivity contribution in [2.75, 3.05) is 32.1 Å². The fourth-order valence-electron chi connectivity index (χ4n) is 5.95. The molecule has 0 aliphatic carbocycles. The first-order valence-corrected chi connectivity index (χ1v) is 17.4. The average molecular weight is 592 g/mol. The lowest BCUT2D eigenvalue weighted by molar-refractivity contribution is -0.152. The van der Waals surface area contributed by atoms with E-state index in [1.54, 1.807) is 0 Å². The van der Waals surface area contributed by atoms with Crippen LogP contribution < -0.4 is 0 Å². The molecule has 0 aromatic rings. The van der Waals surface area contributed by atoms with Gasteiger partial charge in [0.25, 0.3) is 0 Å². The third-order valence-corrected chi connectivity index (χ3v) is 11.3. The summed E-state index contributed by atoms with van der Waals surface area (Å²) in [6.07, 6.45) is 3.75. The van der Waals surface area contributed by atoms with Crippen LogP contribution in [0.2, 0.25) is 0 Å². The van der Waals surface area contributed by atoms with Crippen molar-refractivity contribution in [1.82, 2.24) is 14.2 Å². The Hall–Kier alpha value is 0.210. The van der Waals surface area contributed by atoms with E-state index in [1.165, 1.54) is 31.0 Å². The second-order valence-electron chi connectivity index (χ2n) is 13.0. The lowest BCUT2D eigenvalue weighted by Crippen LogP contribution is -2.58. The fourth-order valence-corrected chi connectivity index (χ4v) is 8.94. The third kappa shape index (κ3) is 12.2. The Morgan fingerprint density at radius 1 is 0.872 bits per heavy atom. The van der Waals surface area contributed by atoms with Gasteiger partial charge in [0.15, 0.2) is 19.9 Å². The maximum absolute atomic E-state index is 12.7. The normalized spacial score (nSPS) is 19.0. The SMILES string of the molecule is CCOC(COP(N(C(C)C)C(C)C)N(C(C)C)C(C)C)OCCSC(=O)CCN1C(C)(C)CCCC1(C)C. The van der Waals surface area contributed by atoms with E-state index in [-0.39, 0.29) is 16.2 Å². The van der Waals surface area contributed by atoms with Gasteiger partial charge < -0.3 is 14.0 Å². The molecular formula is C30H62N3O4PS. The molecule has 1 unspecified atom stereocenters. The van der Waals surface area contributed by atoms with E-state index in [9.17, 15) is 4.79 Å². The molecule has 0 aromatic carbocycles. The molecule has 1 aliphatic heterocycles. The number of ether oxygens (including phenoxy) is 2. The number of rotatable bonds is 18. The van der Waals surface area contributed by atoms with Gasteiger partial charge in [0.2, 0.25) is 0 Å². The van der Waals surface area contributed by atoms with Crippen LogP contribution >= 0.6 is 20.2 Å². The number of piperidine rings is 1. The zero-order valence-electron chi connectivity index (χ0n) is 27.6. The first-order chi connectivity index (χ1) is 18.0. The summed E-state index contributed by atoms with van der Waals surface area (Å²) in [5.74, 6) is 0.623. The van der Waals surface area contributed by atoms with Crippen LogP contribution in [-0.4, -0.2) is 93.0 Å². The molecule has 0 amide bonds. The molecular weight excluding hydrogens is 529 g/mol. The van der Waals surface area contributed by atoms with Crippen LogP contribution in [0, 0.1) is 0 Å². The molecule has 1 aliphatic rings. The van der Waals surface area contributed by atoms with Gasteiger partial charge in [0.05, 0.1) is 6.61 Å². The number of thioether (sulfide) groups is 1. The highest BCUT2D eigenvalue weighted by molar-refractivity contribution is 8.13. The minimum absolute atomic E-state index is 0.140. The van der Waals surface area contributed by atoms with Gasteiger partial charge in [-0.2, -0.15) is 0 Å². The van der Waals surface area contributed by atoms with Gasteiger partial charge in [-0.3, -0.25) is 9.69 Å². The number of nitrogens with zero attached hydrogens (tertiary/aromatic N) is 3. The number of carbonyl (C=O) groups is 1. The Bertz CT molecular complexity index is 654. The number of hydrogen-bond acceptors (Lipinski definition) is 8. The molecule has 232 valence electrons. The minimum Gasteiger partial charge on any atom is -0.351 e. The van der Waals surface area contributed by atoms with Crippen molar-refractivity contribution < 1.29 is 18.8 Å². The fraction of sp³-hybridized carbons (Fsp3) is 0.967. The Kier molecular flexibility index (Phi) is 16.6. The zero-order valence-corrected chi connectivity index (χ0v) is 29.3. The van der Waals surface area contributed by atoms with Gasteiger partial charge in [-0.15, -0.1) is 0 Å². The Morgan fingerprint density at radius 2 is 1.36 bits per heavy atom. The van der Waals surface area contributed by atoms with Gasteiger partial charge in [0, 0.05) is 60.6 Å². The molecule has 0 saturated carbocycles. The first kappa shape index (κ1) is 37.2. The van der Waals surface area contributed by atoms with Gasteiger partial charge >= 0.3 is 0 Å². The van der Waals surface area contributed by atoms with Crippen molar-refractivity contribution in [1.29, 1.82) is 0 Å². The summed E-state index contributed by atoms with van der Waals surface area (Å²) >= 11 is 1.38. The molecule has 39 heavy (non-hydrogen) atoms. The van der Waals surface area contributed by atoms with Gasteiger partial charge in [-0.05, 0) is 109 Å². The lowest BCUT2D eigenvalue weighted by Gasteiger charge is -2.53. The highest BCUT2D eigenvalue weighted by Crippen LogP contribution is 2.50. The lowest BCUT2D eigenvalue weighted by atomic mass is 9.80. The predicted molar refractivity (Wildman–Crippen MR) is 169 cm³/mol. The van der Waals surface area contributed by atoms with Crippen molar-refractivity contribution in [3.63, 3.8) is 0 Å². The molecule has 9 heteroatoms. The smallest absolute Gasteiger partial charge is 0.190 e. The molecule has 7 nitrogen and oxygen atoms in total. The van der Waals surface area contributed by atoms with Crippen LogP contribution in [0.15, 0.2) is 0 Å². The van der Waals surface area contributed by atoms with E-state index in [1.807, 2.05) is 6.92 Å². The molecule has 1 atom stereocenters.